The highest BCUT2D eigenvalue weighted by atomic mass is 16.1. The minimum absolute atomic E-state index is 0.244. The Labute approximate surface area is 72.9 Å². The van der Waals surface area contributed by atoms with Crippen molar-refractivity contribution in [2.24, 2.45) is 0 Å². The highest BCUT2D eigenvalue weighted by Gasteiger charge is 2.28. The van der Waals surface area contributed by atoms with Crippen LogP contribution in [0.25, 0.3) is 0 Å². The molecule has 2 rings (SSSR count). The Morgan fingerprint density at radius 1 is 1.17 bits per heavy atom. The Morgan fingerprint density at radius 3 is 3.00 bits per heavy atom. The van der Waals surface area contributed by atoms with Crippen LogP contribution in [0.15, 0.2) is 0 Å². The minimum atomic E-state index is 0.244. The Hall–Kier alpha value is -0.570. The molecule has 0 saturated carbocycles. The molecule has 2 aliphatic rings. The fourth-order valence-electron chi connectivity index (χ4n) is 2.17. The number of carbonyl (C=O) groups excluding carboxylic acids is 1. The monoisotopic (exact) mass is 168 g/mol. The molecule has 3 heteroatoms. The molecule has 2 heterocycles. The third-order valence-electron chi connectivity index (χ3n) is 2.86. The van der Waals surface area contributed by atoms with Crippen LogP contribution in [0.4, 0.5) is 0 Å². The molecule has 12 heavy (non-hydrogen) atoms. The van der Waals surface area contributed by atoms with Gasteiger partial charge in [0.25, 0.3) is 0 Å². The van der Waals surface area contributed by atoms with Gasteiger partial charge in [0, 0.05) is 18.5 Å². The summed E-state index contributed by atoms with van der Waals surface area (Å²) in [6.07, 6.45) is 5.31. The van der Waals surface area contributed by atoms with Crippen LogP contribution in [0.1, 0.15) is 32.1 Å². The average Bonchev–Trinajstić information content (AvgIpc) is 2.42. The average molecular weight is 168 g/mol. The van der Waals surface area contributed by atoms with E-state index in [2.05, 4.69) is 10.6 Å². The molecule has 0 bridgehead atoms. The molecular weight excluding hydrogens is 152 g/mol. The van der Waals surface area contributed by atoms with Crippen molar-refractivity contribution in [1.82, 2.24) is 10.6 Å². The van der Waals surface area contributed by atoms with Crippen LogP contribution in [-0.2, 0) is 4.79 Å². The number of fused-ring (bicyclic) bond motifs is 1. The van der Waals surface area contributed by atoms with E-state index in [1.165, 1.54) is 12.8 Å². The van der Waals surface area contributed by atoms with Gasteiger partial charge in [0.15, 0.2) is 0 Å². The number of amides is 1. The van der Waals surface area contributed by atoms with Gasteiger partial charge in [0.05, 0.1) is 0 Å². The lowest BCUT2D eigenvalue weighted by molar-refractivity contribution is -0.122. The quantitative estimate of drug-likeness (QED) is 0.550. The topological polar surface area (TPSA) is 41.1 Å². The van der Waals surface area contributed by atoms with Gasteiger partial charge in [-0.25, -0.2) is 0 Å². The molecule has 68 valence electrons. The first-order valence-corrected chi connectivity index (χ1v) is 4.89. The molecule has 0 aromatic carbocycles. The number of rotatable bonds is 0. The summed E-state index contributed by atoms with van der Waals surface area (Å²) in [5, 5.41) is 6.51. The molecule has 0 aliphatic carbocycles. The molecule has 2 atom stereocenters. The van der Waals surface area contributed by atoms with Crippen LogP contribution in [-0.4, -0.2) is 24.5 Å². The zero-order valence-corrected chi connectivity index (χ0v) is 7.31. The molecule has 0 radical (unpaired) electrons. The molecule has 0 unspecified atom stereocenters. The first-order valence-electron chi connectivity index (χ1n) is 4.89. The van der Waals surface area contributed by atoms with Gasteiger partial charge in [-0.05, 0) is 25.8 Å². The van der Waals surface area contributed by atoms with Crippen molar-refractivity contribution in [2.45, 2.75) is 44.2 Å². The molecule has 2 saturated heterocycles. The SMILES string of the molecule is O=C1CCCC[C@H]2NCC[C@@H]2N1. The first kappa shape index (κ1) is 8.05. The molecule has 1 amide bonds. The van der Waals surface area contributed by atoms with Crippen molar-refractivity contribution in [3.8, 4) is 0 Å². The summed E-state index contributed by atoms with van der Waals surface area (Å²) in [7, 11) is 0. The second-order valence-electron chi connectivity index (χ2n) is 3.77. The van der Waals surface area contributed by atoms with Gasteiger partial charge < -0.3 is 10.6 Å². The molecule has 3 nitrogen and oxygen atoms in total. The molecule has 2 N–H and O–H groups in total. The normalized spacial score (nSPS) is 36.5. The molecule has 0 aromatic rings. The van der Waals surface area contributed by atoms with Crippen molar-refractivity contribution >= 4 is 5.91 Å². The predicted molar refractivity (Wildman–Crippen MR) is 46.8 cm³/mol. The fourth-order valence-corrected chi connectivity index (χ4v) is 2.17. The van der Waals surface area contributed by atoms with Crippen LogP contribution >= 0.6 is 0 Å². The van der Waals surface area contributed by atoms with Gasteiger partial charge >= 0.3 is 0 Å². The summed E-state index contributed by atoms with van der Waals surface area (Å²) in [4.78, 5) is 11.2. The second-order valence-corrected chi connectivity index (χ2v) is 3.77. The Morgan fingerprint density at radius 2 is 2.08 bits per heavy atom. The lowest BCUT2D eigenvalue weighted by atomic mass is 9.99. The largest absolute Gasteiger partial charge is 0.352 e. The molecule has 2 aliphatic heterocycles. The van der Waals surface area contributed by atoms with Crippen LogP contribution in [0.2, 0.25) is 0 Å². The first-order chi connectivity index (χ1) is 5.86. The van der Waals surface area contributed by atoms with E-state index < -0.39 is 0 Å². The summed E-state index contributed by atoms with van der Waals surface area (Å²) in [6, 6.07) is 0.965. The fraction of sp³-hybridized carbons (Fsp3) is 0.889. The maximum absolute atomic E-state index is 11.2. The third kappa shape index (κ3) is 1.61. The highest BCUT2D eigenvalue weighted by molar-refractivity contribution is 5.76. The standard InChI is InChI=1S/C9H16N2O/c12-9-4-2-1-3-7-8(11-9)5-6-10-7/h7-8,10H,1-6H2,(H,11,12)/t7-,8+/m1/s1. The highest BCUT2D eigenvalue weighted by Crippen LogP contribution is 2.16. The van der Waals surface area contributed by atoms with Gasteiger partial charge in [-0.3, -0.25) is 4.79 Å². The van der Waals surface area contributed by atoms with Crippen molar-refractivity contribution in [3.63, 3.8) is 0 Å². The smallest absolute Gasteiger partial charge is 0.220 e. The molecular formula is C9H16N2O. The van der Waals surface area contributed by atoms with Crippen LogP contribution in [0.3, 0.4) is 0 Å². The molecule has 2 fully saturated rings. The van der Waals surface area contributed by atoms with E-state index in [0.717, 1.165) is 25.8 Å². The number of carbonyl (C=O) groups is 1. The Kier molecular flexibility index (Phi) is 2.30. The van der Waals surface area contributed by atoms with E-state index in [0.29, 0.717) is 12.1 Å². The maximum atomic E-state index is 11.2. The van der Waals surface area contributed by atoms with Crippen molar-refractivity contribution in [1.29, 1.82) is 0 Å². The van der Waals surface area contributed by atoms with Gasteiger partial charge in [-0.15, -0.1) is 0 Å². The van der Waals surface area contributed by atoms with E-state index in [1.54, 1.807) is 0 Å². The number of hydrogen-bond donors (Lipinski definition) is 2. The van der Waals surface area contributed by atoms with Gasteiger partial charge in [-0.1, -0.05) is 6.42 Å². The zero-order chi connectivity index (χ0) is 8.39. The number of hydrogen-bond acceptors (Lipinski definition) is 2. The van der Waals surface area contributed by atoms with E-state index in [1.807, 2.05) is 0 Å². The van der Waals surface area contributed by atoms with Crippen LogP contribution < -0.4 is 10.6 Å². The van der Waals surface area contributed by atoms with Gasteiger partial charge in [0.1, 0.15) is 0 Å². The second kappa shape index (κ2) is 3.44. The van der Waals surface area contributed by atoms with E-state index in [-0.39, 0.29) is 5.91 Å². The Bertz CT molecular complexity index is 181. The van der Waals surface area contributed by atoms with Crippen LogP contribution in [0, 0.1) is 0 Å². The van der Waals surface area contributed by atoms with E-state index >= 15 is 0 Å². The molecule has 0 aromatic heterocycles. The third-order valence-corrected chi connectivity index (χ3v) is 2.86. The lowest BCUT2D eigenvalue weighted by Gasteiger charge is -2.23. The van der Waals surface area contributed by atoms with Crippen molar-refractivity contribution < 1.29 is 4.79 Å². The van der Waals surface area contributed by atoms with E-state index in [9.17, 15) is 4.79 Å². The zero-order valence-electron chi connectivity index (χ0n) is 7.31. The van der Waals surface area contributed by atoms with E-state index in [4.69, 9.17) is 0 Å². The number of nitrogens with one attached hydrogen (secondary N) is 2. The molecule has 0 spiro atoms. The predicted octanol–water partition coefficient (Wildman–Crippen LogP) is 0.407. The minimum Gasteiger partial charge on any atom is -0.352 e. The van der Waals surface area contributed by atoms with Crippen LogP contribution in [0.5, 0.6) is 0 Å². The summed E-state index contributed by atoms with van der Waals surface area (Å²) >= 11 is 0. The maximum Gasteiger partial charge on any atom is 0.220 e. The van der Waals surface area contributed by atoms with Crippen molar-refractivity contribution in [3.05, 3.63) is 0 Å². The summed E-state index contributed by atoms with van der Waals surface area (Å²) in [6.45, 7) is 1.07. The Balaban J connectivity index is 1.98. The summed E-state index contributed by atoms with van der Waals surface area (Å²) in [5.41, 5.74) is 0. The van der Waals surface area contributed by atoms with Gasteiger partial charge in [0.2, 0.25) is 5.91 Å². The van der Waals surface area contributed by atoms with Crippen molar-refractivity contribution in [2.75, 3.05) is 6.54 Å². The summed E-state index contributed by atoms with van der Waals surface area (Å²) in [5.74, 6) is 0.244. The summed E-state index contributed by atoms with van der Waals surface area (Å²) < 4.78 is 0. The lowest BCUT2D eigenvalue weighted by Crippen LogP contribution is -2.44. The van der Waals surface area contributed by atoms with Gasteiger partial charge in [-0.2, -0.15) is 0 Å².